The fourth-order valence-corrected chi connectivity index (χ4v) is 5.22. The summed E-state index contributed by atoms with van der Waals surface area (Å²) >= 11 is 0. The summed E-state index contributed by atoms with van der Waals surface area (Å²) < 4.78 is 39.2. The van der Waals surface area contributed by atoms with Gasteiger partial charge in [-0.1, -0.05) is 12.1 Å². The van der Waals surface area contributed by atoms with Crippen molar-refractivity contribution >= 4 is 36.0 Å². The third-order valence-corrected chi connectivity index (χ3v) is 6.63. The van der Waals surface area contributed by atoms with Crippen LogP contribution in [-0.2, 0) is 19.2 Å². The lowest BCUT2D eigenvalue weighted by molar-refractivity contribution is -0.363. The number of carbonyl (C=O) groups is 3. The van der Waals surface area contributed by atoms with Gasteiger partial charge in [-0.25, -0.2) is 4.79 Å². The number of aryl methyl sites for hydroxylation is 2. The molecule has 0 bridgehead atoms. The molecule has 1 aromatic carbocycles. The Bertz CT molecular complexity index is 1420. The molecule has 0 radical (unpaired) electrons. The molecule has 0 aliphatic carbocycles. The van der Waals surface area contributed by atoms with E-state index in [9.17, 15) is 14.4 Å². The van der Waals surface area contributed by atoms with Crippen molar-refractivity contribution in [2.45, 2.75) is 40.5 Å². The predicted molar refractivity (Wildman–Crippen MR) is 127 cm³/mol. The molecular weight excluding hydrogens is 471 g/mol. The number of ether oxygens (including phenoxy) is 1. The first-order valence-electron chi connectivity index (χ1n) is 11.6. The number of rotatable bonds is 5. The zero-order valence-electron chi connectivity index (χ0n) is 20.3. The molecule has 186 valence electrons. The van der Waals surface area contributed by atoms with Crippen molar-refractivity contribution in [3.05, 3.63) is 70.2 Å². The molecule has 0 atom stereocenters. The highest BCUT2D eigenvalue weighted by Gasteiger charge is 2.55. The lowest BCUT2D eigenvalue weighted by Gasteiger charge is -2.34. The minimum absolute atomic E-state index is 0.00504. The highest BCUT2D eigenvalue weighted by molar-refractivity contribution is 6.58. The number of allylic oxidation sites excluding steroid dienone is 2. The average Bonchev–Trinajstić information content (AvgIpc) is 3.41. The summed E-state index contributed by atoms with van der Waals surface area (Å²) in [6.45, 7) is 2.44. The molecule has 11 heteroatoms. The summed E-state index contributed by atoms with van der Waals surface area (Å²) in [7, 11) is 0. The van der Waals surface area contributed by atoms with E-state index in [0.717, 1.165) is 25.7 Å². The van der Waals surface area contributed by atoms with Crippen LogP contribution in [0.15, 0.2) is 47.7 Å². The molecule has 1 aromatic heterocycles. The average molecular weight is 495 g/mol. The molecule has 4 heterocycles. The third kappa shape index (κ3) is 3.57. The van der Waals surface area contributed by atoms with E-state index in [1.54, 1.807) is 50.3 Å². The lowest BCUT2D eigenvalue weighted by Crippen LogP contribution is -2.51. The van der Waals surface area contributed by atoms with Gasteiger partial charge in [-0.15, -0.1) is 5.06 Å². The van der Waals surface area contributed by atoms with Crippen molar-refractivity contribution in [3.63, 3.8) is 0 Å². The van der Waals surface area contributed by atoms with Gasteiger partial charge in [0.05, 0.1) is 5.57 Å². The van der Waals surface area contributed by atoms with E-state index in [4.69, 9.17) is 9.57 Å². The van der Waals surface area contributed by atoms with Gasteiger partial charge in [-0.2, -0.15) is 0 Å². The van der Waals surface area contributed by atoms with E-state index < -0.39 is 31.4 Å². The quantitative estimate of drug-likeness (QED) is 0.469. The van der Waals surface area contributed by atoms with Gasteiger partial charge in [-0.3, -0.25) is 9.59 Å². The number of hydroxylamine groups is 2. The number of hydrogen-bond acceptors (Lipinski definition) is 5. The van der Waals surface area contributed by atoms with Gasteiger partial charge in [0.25, 0.3) is 11.8 Å². The molecular formula is C25H24BF2N3O5. The van der Waals surface area contributed by atoms with Gasteiger partial charge in [0.2, 0.25) is 0 Å². The van der Waals surface area contributed by atoms with Crippen LogP contribution in [0.1, 0.15) is 49.2 Å². The van der Waals surface area contributed by atoms with E-state index >= 15 is 8.63 Å². The third-order valence-electron chi connectivity index (χ3n) is 6.63. The van der Waals surface area contributed by atoms with Crippen LogP contribution in [0, 0.1) is 13.8 Å². The van der Waals surface area contributed by atoms with Crippen LogP contribution < -0.4 is 4.74 Å². The van der Waals surface area contributed by atoms with Crippen molar-refractivity contribution in [3.8, 4) is 5.75 Å². The SMILES string of the molecule is CC1=CC(C)=[N+]2C1=C(c1ccc(OCC(=O)ON3C(=O)CCC3=O)cc1)c1c(C)cc(C)n1[B-]2(F)F. The standard InChI is InChI=1S/C25H24BF2N3O5/c1-14-11-16(3)29-24(14)23(25-15(2)12-17(4)30(25)26(29,27)28)18-5-7-19(8-6-18)35-13-22(34)36-31-20(32)9-10-21(31)33/h5-8,11-12H,9-10,13H2,1-4H3. The Morgan fingerprint density at radius 2 is 1.69 bits per heavy atom. The van der Waals surface area contributed by atoms with E-state index in [-0.39, 0.29) is 12.8 Å². The predicted octanol–water partition coefficient (Wildman–Crippen LogP) is 3.52. The van der Waals surface area contributed by atoms with Crippen LogP contribution in [0.25, 0.3) is 5.57 Å². The highest BCUT2D eigenvalue weighted by Crippen LogP contribution is 2.44. The minimum Gasteiger partial charge on any atom is -0.482 e. The van der Waals surface area contributed by atoms with Crippen LogP contribution >= 0.6 is 0 Å². The summed E-state index contributed by atoms with van der Waals surface area (Å²) in [4.78, 5) is 40.0. The highest BCUT2D eigenvalue weighted by atomic mass is 19.2. The fraction of sp³-hybridized carbons (Fsp3) is 0.280. The fourth-order valence-electron chi connectivity index (χ4n) is 5.22. The van der Waals surface area contributed by atoms with Crippen molar-refractivity contribution in [1.29, 1.82) is 0 Å². The zero-order valence-corrected chi connectivity index (χ0v) is 20.3. The number of aromatic nitrogens is 1. The second-order valence-corrected chi connectivity index (χ2v) is 9.20. The Kier molecular flexibility index (Phi) is 5.46. The number of carbonyl (C=O) groups excluding carboxylic acids is 3. The van der Waals surface area contributed by atoms with Gasteiger partial charge in [0.1, 0.15) is 11.5 Å². The number of halogens is 2. The van der Waals surface area contributed by atoms with Crippen LogP contribution in [0.3, 0.4) is 0 Å². The molecule has 0 saturated carbocycles. The lowest BCUT2D eigenvalue weighted by atomic mass is 9.84. The molecule has 0 unspecified atom stereocenters. The first kappa shape index (κ1) is 23.7. The molecule has 36 heavy (non-hydrogen) atoms. The molecule has 0 spiro atoms. The van der Waals surface area contributed by atoms with Crippen LogP contribution in [0.5, 0.6) is 5.75 Å². The van der Waals surface area contributed by atoms with Crippen molar-refractivity contribution in [2.24, 2.45) is 0 Å². The Morgan fingerprint density at radius 3 is 2.33 bits per heavy atom. The van der Waals surface area contributed by atoms with Gasteiger partial charge in [0, 0.05) is 37.1 Å². The molecule has 2 aromatic rings. The Hall–Kier alpha value is -4.02. The first-order chi connectivity index (χ1) is 17.0. The van der Waals surface area contributed by atoms with Crippen molar-refractivity contribution in [1.82, 2.24) is 9.54 Å². The summed E-state index contributed by atoms with van der Waals surface area (Å²) in [5.41, 5.74) is 4.83. The maximum absolute atomic E-state index is 15.7. The minimum atomic E-state index is -4.06. The molecule has 1 fully saturated rings. The monoisotopic (exact) mass is 495 g/mol. The number of imide groups is 1. The van der Waals surface area contributed by atoms with E-state index in [2.05, 4.69) is 0 Å². The number of amides is 2. The van der Waals surface area contributed by atoms with Crippen molar-refractivity contribution in [2.75, 3.05) is 6.61 Å². The molecule has 3 aliphatic rings. The van der Waals surface area contributed by atoms with E-state index in [1.807, 2.05) is 13.8 Å². The van der Waals surface area contributed by atoms with Gasteiger partial charge in [0.15, 0.2) is 12.3 Å². The Labute approximate surface area is 206 Å². The van der Waals surface area contributed by atoms with E-state index in [0.29, 0.717) is 39.2 Å². The second kappa shape index (κ2) is 8.29. The molecule has 5 rings (SSSR count). The summed E-state index contributed by atoms with van der Waals surface area (Å²) in [6, 6.07) is 8.52. The van der Waals surface area contributed by atoms with E-state index in [1.165, 1.54) is 0 Å². The molecule has 3 aliphatic heterocycles. The normalized spacial score (nSPS) is 18.5. The smallest absolute Gasteiger partial charge is 0.482 e. The number of hydrogen-bond donors (Lipinski definition) is 0. The van der Waals surface area contributed by atoms with Crippen LogP contribution in [0.2, 0.25) is 0 Å². The van der Waals surface area contributed by atoms with Gasteiger partial charge in [-0.05, 0) is 55.8 Å². The number of fused-ring (bicyclic) bond motifs is 2. The topological polar surface area (TPSA) is 80.9 Å². The summed E-state index contributed by atoms with van der Waals surface area (Å²) in [5, 5.41) is 0.463. The maximum atomic E-state index is 15.7. The zero-order chi connectivity index (χ0) is 25.9. The second-order valence-electron chi connectivity index (χ2n) is 9.20. The Balaban J connectivity index is 1.44. The van der Waals surface area contributed by atoms with Gasteiger partial charge < -0.3 is 27.2 Å². The summed E-state index contributed by atoms with van der Waals surface area (Å²) in [6.07, 6.45) is 1.78. The Morgan fingerprint density at radius 1 is 1.06 bits per heavy atom. The van der Waals surface area contributed by atoms with Crippen LogP contribution in [0.4, 0.5) is 8.63 Å². The molecule has 1 saturated heterocycles. The van der Waals surface area contributed by atoms with Gasteiger partial charge >= 0.3 is 12.9 Å². The van der Waals surface area contributed by atoms with Crippen LogP contribution in [-0.4, -0.2) is 51.1 Å². The summed E-state index contributed by atoms with van der Waals surface area (Å²) in [5.74, 6) is -1.69. The number of nitrogens with zero attached hydrogens (tertiary/aromatic N) is 3. The first-order valence-corrected chi connectivity index (χ1v) is 11.6. The van der Waals surface area contributed by atoms with Crippen molar-refractivity contribution < 1.29 is 37.1 Å². The largest absolute Gasteiger partial charge is 0.737 e. The number of benzene rings is 1. The molecule has 0 N–H and O–H groups in total. The molecule has 8 nitrogen and oxygen atoms in total. The molecule has 2 amide bonds. The maximum Gasteiger partial charge on any atom is 0.737 e.